The van der Waals surface area contributed by atoms with E-state index >= 15 is 0 Å². The number of ether oxygens (including phenoxy) is 1. The van der Waals surface area contributed by atoms with Gasteiger partial charge in [0.2, 0.25) is 15.9 Å². The fourth-order valence-corrected chi connectivity index (χ4v) is 5.53. The van der Waals surface area contributed by atoms with E-state index in [4.69, 9.17) is 4.74 Å². The van der Waals surface area contributed by atoms with Crippen LogP contribution in [0.15, 0.2) is 53.7 Å². The molecule has 2 fully saturated rings. The van der Waals surface area contributed by atoms with E-state index in [0.29, 0.717) is 63.7 Å². The molecule has 11 heteroatoms. The molecular formula is C23H29N5O5S. The van der Waals surface area contributed by atoms with Crippen LogP contribution >= 0.6 is 0 Å². The van der Waals surface area contributed by atoms with Gasteiger partial charge < -0.3 is 15.0 Å². The van der Waals surface area contributed by atoms with Crippen molar-refractivity contribution in [2.75, 3.05) is 57.8 Å². The summed E-state index contributed by atoms with van der Waals surface area (Å²) >= 11 is 0. The van der Waals surface area contributed by atoms with E-state index in [1.165, 1.54) is 16.4 Å². The van der Waals surface area contributed by atoms with Crippen molar-refractivity contribution in [1.29, 1.82) is 0 Å². The highest BCUT2D eigenvalue weighted by molar-refractivity contribution is 7.89. The number of pyridine rings is 1. The van der Waals surface area contributed by atoms with Crippen LogP contribution in [-0.4, -0.2) is 97.8 Å². The lowest BCUT2D eigenvalue weighted by Gasteiger charge is -2.37. The van der Waals surface area contributed by atoms with Crippen LogP contribution < -0.4 is 5.32 Å². The molecule has 1 N–H and O–H groups in total. The van der Waals surface area contributed by atoms with Crippen molar-refractivity contribution in [3.8, 4) is 0 Å². The Bertz CT molecular complexity index is 1110. The molecular weight excluding hydrogens is 458 g/mol. The molecule has 0 saturated carbocycles. The standard InChI is InChI=1S/C23H29N5O5S/c1-18(26-9-11-27(12-10-26)23(30)19-5-7-24-8-6-19)22(29)25-20-3-2-4-21(17-20)34(31,32)28-13-15-33-16-14-28/h2-8,17-18H,9-16H2,1H3,(H,25,29). The number of rotatable bonds is 6. The van der Waals surface area contributed by atoms with Gasteiger partial charge in [-0.1, -0.05) is 6.07 Å². The lowest BCUT2D eigenvalue weighted by Crippen LogP contribution is -2.54. The van der Waals surface area contributed by atoms with Crippen molar-refractivity contribution in [2.45, 2.75) is 17.9 Å². The van der Waals surface area contributed by atoms with Crippen LogP contribution in [0, 0.1) is 0 Å². The molecule has 3 heterocycles. The van der Waals surface area contributed by atoms with Crippen LogP contribution in [0.5, 0.6) is 0 Å². The molecule has 1 atom stereocenters. The van der Waals surface area contributed by atoms with Crippen molar-refractivity contribution in [3.63, 3.8) is 0 Å². The molecule has 1 aromatic carbocycles. The van der Waals surface area contributed by atoms with E-state index in [0.717, 1.165) is 0 Å². The van der Waals surface area contributed by atoms with Gasteiger partial charge in [-0.15, -0.1) is 0 Å². The third-order valence-corrected chi connectivity index (χ3v) is 8.06. The van der Waals surface area contributed by atoms with Gasteiger partial charge in [-0.05, 0) is 37.3 Å². The summed E-state index contributed by atoms with van der Waals surface area (Å²) in [5, 5.41) is 2.84. The fraction of sp³-hybridized carbons (Fsp3) is 0.435. The van der Waals surface area contributed by atoms with Gasteiger partial charge >= 0.3 is 0 Å². The Morgan fingerprint density at radius 3 is 2.35 bits per heavy atom. The van der Waals surface area contributed by atoms with E-state index in [-0.39, 0.29) is 16.7 Å². The summed E-state index contributed by atoms with van der Waals surface area (Å²) in [4.78, 5) is 33.4. The molecule has 2 amide bonds. The molecule has 2 aliphatic heterocycles. The van der Waals surface area contributed by atoms with Crippen LogP contribution in [-0.2, 0) is 19.6 Å². The summed E-state index contributed by atoms with van der Waals surface area (Å²) < 4.78 is 32.5. The molecule has 2 aliphatic rings. The Hall–Kier alpha value is -2.86. The molecule has 2 saturated heterocycles. The van der Waals surface area contributed by atoms with Crippen LogP contribution in [0.2, 0.25) is 0 Å². The Kier molecular flexibility index (Phi) is 7.57. The number of nitrogens with zero attached hydrogens (tertiary/aromatic N) is 4. The molecule has 0 radical (unpaired) electrons. The summed E-state index contributed by atoms with van der Waals surface area (Å²) in [5.41, 5.74) is 1.03. The summed E-state index contributed by atoms with van der Waals surface area (Å²) in [6.07, 6.45) is 3.19. The third-order valence-electron chi connectivity index (χ3n) is 6.17. The van der Waals surface area contributed by atoms with Crippen molar-refractivity contribution < 1.29 is 22.7 Å². The van der Waals surface area contributed by atoms with E-state index in [1.54, 1.807) is 41.6 Å². The second-order valence-corrected chi connectivity index (χ2v) is 10.2. The first kappa shape index (κ1) is 24.3. The minimum Gasteiger partial charge on any atom is -0.379 e. The van der Waals surface area contributed by atoms with Gasteiger partial charge in [0, 0.05) is 62.9 Å². The van der Waals surface area contributed by atoms with Gasteiger partial charge in [0.05, 0.1) is 24.2 Å². The molecule has 0 spiro atoms. The number of amides is 2. The van der Waals surface area contributed by atoms with E-state index in [9.17, 15) is 18.0 Å². The fourth-order valence-electron chi connectivity index (χ4n) is 4.07. The Morgan fingerprint density at radius 2 is 1.68 bits per heavy atom. The largest absolute Gasteiger partial charge is 0.379 e. The van der Waals surface area contributed by atoms with Crippen LogP contribution in [0.4, 0.5) is 5.69 Å². The number of sulfonamides is 1. The minimum absolute atomic E-state index is 0.0440. The van der Waals surface area contributed by atoms with E-state index in [1.807, 2.05) is 11.8 Å². The monoisotopic (exact) mass is 487 g/mol. The molecule has 10 nitrogen and oxygen atoms in total. The highest BCUT2D eigenvalue weighted by Crippen LogP contribution is 2.21. The lowest BCUT2D eigenvalue weighted by molar-refractivity contribution is -0.121. The maximum Gasteiger partial charge on any atom is 0.254 e. The van der Waals surface area contributed by atoms with Gasteiger partial charge in [0.15, 0.2) is 0 Å². The number of hydrogen-bond donors (Lipinski definition) is 1. The topological polar surface area (TPSA) is 112 Å². The van der Waals surface area contributed by atoms with Gasteiger partial charge in [-0.3, -0.25) is 19.5 Å². The number of aromatic nitrogens is 1. The number of anilines is 1. The summed E-state index contributed by atoms with van der Waals surface area (Å²) in [7, 11) is -3.65. The molecule has 182 valence electrons. The second-order valence-electron chi connectivity index (χ2n) is 8.27. The van der Waals surface area contributed by atoms with Gasteiger partial charge in [-0.2, -0.15) is 4.31 Å². The summed E-state index contributed by atoms with van der Waals surface area (Å²) in [6.45, 7) is 5.34. The number of benzene rings is 1. The lowest BCUT2D eigenvalue weighted by atomic mass is 10.1. The maximum absolute atomic E-state index is 12.9. The molecule has 2 aromatic rings. The third kappa shape index (κ3) is 5.44. The maximum atomic E-state index is 12.9. The normalized spacial score (nSPS) is 18.9. The zero-order chi connectivity index (χ0) is 24.1. The highest BCUT2D eigenvalue weighted by Gasteiger charge is 2.29. The Labute approximate surface area is 199 Å². The Balaban J connectivity index is 1.34. The predicted molar refractivity (Wildman–Crippen MR) is 126 cm³/mol. The number of nitrogens with one attached hydrogen (secondary N) is 1. The first-order valence-corrected chi connectivity index (χ1v) is 12.7. The first-order valence-electron chi connectivity index (χ1n) is 11.3. The minimum atomic E-state index is -3.65. The molecule has 0 aliphatic carbocycles. The molecule has 34 heavy (non-hydrogen) atoms. The van der Waals surface area contributed by atoms with Gasteiger partial charge in [-0.25, -0.2) is 8.42 Å². The van der Waals surface area contributed by atoms with Crippen molar-refractivity contribution in [3.05, 3.63) is 54.4 Å². The van der Waals surface area contributed by atoms with E-state index in [2.05, 4.69) is 10.3 Å². The first-order chi connectivity index (χ1) is 16.4. The predicted octanol–water partition coefficient (Wildman–Crippen LogP) is 0.888. The molecule has 0 bridgehead atoms. The number of carbonyl (C=O) groups excluding carboxylic acids is 2. The highest BCUT2D eigenvalue weighted by atomic mass is 32.2. The van der Waals surface area contributed by atoms with Crippen LogP contribution in [0.25, 0.3) is 0 Å². The van der Waals surface area contributed by atoms with Gasteiger partial charge in [0.25, 0.3) is 5.91 Å². The smallest absolute Gasteiger partial charge is 0.254 e. The van der Waals surface area contributed by atoms with Crippen LogP contribution in [0.1, 0.15) is 17.3 Å². The average Bonchev–Trinajstić information content (AvgIpc) is 2.89. The number of hydrogen-bond acceptors (Lipinski definition) is 7. The van der Waals surface area contributed by atoms with E-state index < -0.39 is 16.1 Å². The number of piperazine rings is 1. The Morgan fingerprint density at radius 1 is 1.00 bits per heavy atom. The number of carbonyl (C=O) groups is 2. The van der Waals surface area contributed by atoms with Gasteiger partial charge in [0.1, 0.15) is 0 Å². The number of morpholine rings is 1. The van der Waals surface area contributed by atoms with Crippen molar-refractivity contribution >= 4 is 27.5 Å². The molecule has 4 rings (SSSR count). The zero-order valence-corrected chi connectivity index (χ0v) is 19.9. The SMILES string of the molecule is CC(C(=O)Nc1cccc(S(=O)(=O)N2CCOCC2)c1)N1CCN(C(=O)c2ccncc2)CC1. The molecule has 1 unspecified atom stereocenters. The summed E-state index contributed by atoms with van der Waals surface area (Å²) in [5.74, 6) is -0.271. The van der Waals surface area contributed by atoms with Crippen molar-refractivity contribution in [1.82, 2.24) is 19.1 Å². The zero-order valence-electron chi connectivity index (χ0n) is 19.1. The van der Waals surface area contributed by atoms with Crippen LogP contribution in [0.3, 0.4) is 0 Å². The average molecular weight is 488 g/mol. The second kappa shape index (κ2) is 10.6. The molecule has 1 aromatic heterocycles. The summed E-state index contributed by atoms with van der Waals surface area (Å²) in [6, 6.07) is 9.27. The quantitative estimate of drug-likeness (QED) is 0.644. The van der Waals surface area contributed by atoms with Crippen molar-refractivity contribution in [2.24, 2.45) is 0 Å².